The highest BCUT2D eigenvalue weighted by Gasteiger charge is 2.23. The lowest BCUT2D eigenvalue weighted by atomic mass is 10.1. The van der Waals surface area contributed by atoms with Crippen molar-refractivity contribution in [3.63, 3.8) is 0 Å². The summed E-state index contributed by atoms with van der Waals surface area (Å²) < 4.78 is 33.6. The molecule has 0 bridgehead atoms. The highest BCUT2D eigenvalue weighted by atomic mass is 32.2. The van der Waals surface area contributed by atoms with Crippen LogP contribution in [0.3, 0.4) is 0 Å². The minimum atomic E-state index is -4.08. The molecule has 0 unspecified atom stereocenters. The van der Waals surface area contributed by atoms with Crippen LogP contribution in [-0.4, -0.2) is 32.2 Å². The van der Waals surface area contributed by atoms with E-state index in [9.17, 15) is 18.0 Å². The van der Waals surface area contributed by atoms with Gasteiger partial charge in [-0.05, 0) is 68.8 Å². The van der Waals surface area contributed by atoms with E-state index in [1.54, 1.807) is 13.8 Å². The minimum Gasteiger partial charge on any atom is -0.495 e. The third-order valence-corrected chi connectivity index (χ3v) is 6.40. The Morgan fingerprint density at radius 3 is 2.24 bits per heavy atom. The Kier molecular flexibility index (Phi) is 6.55. The van der Waals surface area contributed by atoms with E-state index < -0.39 is 15.9 Å². The zero-order valence-corrected chi connectivity index (χ0v) is 19.3. The number of hydrogen-bond donors (Lipinski definition) is 3. The number of amides is 1. The number of ketones is 1. The molecule has 1 aromatic heterocycles. The first-order valence-corrected chi connectivity index (χ1v) is 11.3. The number of aromatic amines is 1. The molecule has 170 valence electrons. The fraction of sp³-hybridized carbons (Fsp3) is 0.174. The van der Waals surface area contributed by atoms with Crippen LogP contribution in [0.5, 0.6) is 5.75 Å². The van der Waals surface area contributed by atoms with Crippen LogP contribution in [0.2, 0.25) is 0 Å². The number of nitriles is 1. The van der Waals surface area contributed by atoms with Crippen molar-refractivity contribution < 1.29 is 22.7 Å². The van der Waals surface area contributed by atoms with Gasteiger partial charge in [0.25, 0.3) is 15.9 Å². The lowest BCUT2D eigenvalue weighted by Crippen LogP contribution is -2.17. The number of benzene rings is 2. The average molecular weight is 467 g/mol. The van der Waals surface area contributed by atoms with Gasteiger partial charge in [-0.3, -0.25) is 14.3 Å². The molecule has 3 rings (SSSR count). The second-order valence-corrected chi connectivity index (χ2v) is 8.95. The molecule has 0 atom stereocenters. The first kappa shape index (κ1) is 23.6. The monoisotopic (exact) mass is 466 g/mol. The summed E-state index contributed by atoms with van der Waals surface area (Å²) in [6.45, 7) is 4.79. The second kappa shape index (κ2) is 9.18. The van der Waals surface area contributed by atoms with E-state index in [1.807, 2.05) is 6.07 Å². The van der Waals surface area contributed by atoms with E-state index in [1.165, 1.54) is 56.5 Å². The molecule has 33 heavy (non-hydrogen) atoms. The summed E-state index contributed by atoms with van der Waals surface area (Å²) >= 11 is 0. The van der Waals surface area contributed by atoms with Crippen LogP contribution >= 0.6 is 0 Å². The topological polar surface area (TPSA) is 141 Å². The van der Waals surface area contributed by atoms with Crippen molar-refractivity contribution in [2.24, 2.45) is 0 Å². The molecule has 0 fully saturated rings. The Morgan fingerprint density at radius 2 is 1.70 bits per heavy atom. The van der Waals surface area contributed by atoms with E-state index in [-0.39, 0.29) is 33.5 Å². The molecule has 10 heteroatoms. The van der Waals surface area contributed by atoms with Crippen LogP contribution in [-0.2, 0) is 10.0 Å². The van der Waals surface area contributed by atoms with Gasteiger partial charge in [-0.25, -0.2) is 8.42 Å². The van der Waals surface area contributed by atoms with Gasteiger partial charge in [0, 0.05) is 22.6 Å². The van der Waals surface area contributed by atoms with Crippen LogP contribution in [0.4, 0.5) is 11.4 Å². The smallest absolute Gasteiger partial charge is 0.272 e. The number of methoxy groups -OCH3 is 1. The molecule has 0 aliphatic heterocycles. The Morgan fingerprint density at radius 1 is 1.06 bits per heavy atom. The summed E-state index contributed by atoms with van der Waals surface area (Å²) in [6.07, 6.45) is 0. The van der Waals surface area contributed by atoms with Gasteiger partial charge in [-0.2, -0.15) is 5.26 Å². The first-order chi connectivity index (χ1) is 15.6. The summed E-state index contributed by atoms with van der Waals surface area (Å²) in [5.41, 5.74) is 2.63. The van der Waals surface area contributed by atoms with Crippen LogP contribution in [0.15, 0.2) is 47.4 Å². The quantitative estimate of drug-likeness (QED) is 0.453. The number of carbonyl (C=O) groups excluding carboxylic acids is 2. The summed E-state index contributed by atoms with van der Waals surface area (Å²) in [5, 5.41) is 11.6. The van der Waals surface area contributed by atoms with E-state index in [2.05, 4.69) is 15.0 Å². The standard InChI is InChI=1S/C23H22N4O5S/c1-13-21(15(3)28)14(2)25-22(13)23(29)26-18-9-10-19(32-4)20(11-18)33(30,31)27-17-7-5-16(12-24)6-8-17/h5-11,25,27H,1-4H3,(H,26,29). The van der Waals surface area contributed by atoms with Crippen molar-refractivity contribution in [1.82, 2.24) is 4.98 Å². The molecule has 1 heterocycles. The highest BCUT2D eigenvalue weighted by molar-refractivity contribution is 7.92. The predicted molar refractivity (Wildman–Crippen MR) is 123 cm³/mol. The maximum absolute atomic E-state index is 13.0. The molecule has 0 radical (unpaired) electrons. The van der Waals surface area contributed by atoms with Crippen molar-refractivity contribution >= 4 is 33.1 Å². The van der Waals surface area contributed by atoms with Crippen molar-refractivity contribution in [2.45, 2.75) is 25.7 Å². The number of carbonyl (C=O) groups is 2. The Balaban J connectivity index is 1.92. The predicted octanol–water partition coefficient (Wildman–Crippen LogP) is 3.77. The number of ether oxygens (including phenoxy) is 1. The molecular formula is C23H22N4O5S. The van der Waals surface area contributed by atoms with E-state index in [0.717, 1.165) is 0 Å². The Hall–Kier alpha value is -4.10. The molecular weight excluding hydrogens is 444 g/mol. The number of anilines is 2. The molecule has 3 aromatic rings. The lowest BCUT2D eigenvalue weighted by Gasteiger charge is -2.14. The van der Waals surface area contributed by atoms with Crippen molar-refractivity contribution in [3.8, 4) is 11.8 Å². The van der Waals surface area contributed by atoms with Crippen LogP contribution in [0.1, 0.15) is 44.6 Å². The number of nitrogens with one attached hydrogen (secondary N) is 3. The lowest BCUT2D eigenvalue weighted by molar-refractivity contribution is 0.101. The van der Waals surface area contributed by atoms with Gasteiger partial charge >= 0.3 is 0 Å². The van der Waals surface area contributed by atoms with Crippen molar-refractivity contribution in [3.05, 3.63) is 70.5 Å². The molecule has 1 amide bonds. The van der Waals surface area contributed by atoms with Gasteiger partial charge in [0.15, 0.2) is 5.78 Å². The van der Waals surface area contributed by atoms with E-state index in [0.29, 0.717) is 22.4 Å². The molecule has 3 N–H and O–H groups in total. The summed E-state index contributed by atoms with van der Waals surface area (Å²) in [6, 6.07) is 12.1. The number of aryl methyl sites for hydroxylation is 1. The normalized spacial score (nSPS) is 10.9. The van der Waals surface area contributed by atoms with Crippen molar-refractivity contribution in [2.75, 3.05) is 17.1 Å². The third kappa shape index (κ3) is 4.88. The highest BCUT2D eigenvalue weighted by Crippen LogP contribution is 2.29. The molecule has 9 nitrogen and oxygen atoms in total. The summed E-state index contributed by atoms with van der Waals surface area (Å²) in [5.74, 6) is -0.594. The van der Waals surface area contributed by atoms with Crippen LogP contribution in [0, 0.1) is 25.2 Å². The number of Topliss-reactive ketones (excluding diaryl/α,β-unsaturated/α-hetero) is 1. The Labute approximate surface area is 191 Å². The maximum atomic E-state index is 13.0. The van der Waals surface area contributed by atoms with Gasteiger partial charge in [0.1, 0.15) is 16.3 Å². The van der Waals surface area contributed by atoms with Crippen LogP contribution in [0.25, 0.3) is 0 Å². The average Bonchev–Trinajstić information content (AvgIpc) is 3.08. The fourth-order valence-corrected chi connectivity index (χ4v) is 4.74. The Bertz CT molecular complexity index is 1380. The molecule has 0 saturated carbocycles. The minimum absolute atomic E-state index is 0.0832. The molecule has 0 aliphatic rings. The SMILES string of the molecule is COc1ccc(NC(=O)c2[nH]c(C)c(C(C)=O)c2C)cc1S(=O)(=O)Nc1ccc(C#N)cc1. The van der Waals surface area contributed by atoms with Gasteiger partial charge in [0.05, 0.1) is 18.7 Å². The molecule has 0 spiro atoms. The second-order valence-electron chi connectivity index (χ2n) is 7.30. The van der Waals surface area contributed by atoms with Gasteiger partial charge in [-0.15, -0.1) is 0 Å². The number of aromatic nitrogens is 1. The number of sulfonamides is 1. The van der Waals surface area contributed by atoms with Crippen molar-refractivity contribution in [1.29, 1.82) is 5.26 Å². The number of rotatable bonds is 7. The summed E-state index contributed by atoms with van der Waals surface area (Å²) in [4.78, 5) is 27.4. The maximum Gasteiger partial charge on any atom is 0.272 e. The summed E-state index contributed by atoms with van der Waals surface area (Å²) in [7, 11) is -2.75. The third-order valence-electron chi connectivity index (χ3n) is 4.99. The van der Waals surface area contributed by atoms with E-state index >= 15 is 0 Å². The number of nitrogens with zero attached hydrogens (tertiary/aromatic N) is 1. The zero-order chi connectivity index (χ0) is 24.3. The van der Waals surface area contributed by atoms with E-state index in [4.69, 9.17) is 10.00 Å². The molecule has 0 aliphatic carbocycles. The van der Waals surface area contributed by atoms with Gasteiger partial charge in [0.2, 0.25) is 0 Å². The largest absolute Gasteiger partial charge is 0.495 e. The van der Waals surface area contributed by atoms with Gasteiger partial charge < -0.3 is 15.0 Å². The fourth-order valence-electron chi connectivity index (χ4n) is 3.49. The number of hydrogen-bond acceptors (Lipinski definition) is 6. The zero-order valence-electron chi connectivity index (χ0n) is 18.4. The molecule has 2 aromatic carbocycles. The molecule has 0 saturated heterocycles. The van der Waals surface area contributed by atoms with Crippen LogP contribution < -0.4 is 14.8 Å². The van der Waals surface area contributed by atoms with Gasteiger partial charge in [-0.1, -0.05) is 0 Å². The first-order valence-electron chi connectivity index (χ1n) is 9.80. The number of H-pyrrole nitrogens is 1.